The first kappa shape index (κ1) is 26.4. The van der Waals surface area contributed by atoms with E-state index in [1.54, 1.807) is 11.8 Å². The zero-order valence-electron chi connectivity index (χ0n) is 21.7. The van der Waals surface area contributed by atoms with E-state index in [0.717, 1.165) is 26.7 Å². The third kappa shape index (κ3) is 5.52. The Hall–Kier alpha value is -4.16. The Kier molecular flexibility index (Phi) is 7.94. The topological polar surface area (TPSA) is 55.8 Å². The lowest BCUT2D eigenvalue weighted by atomic mass is 9.98. The van der Waals surface area contributed by atoms with E-state index in [1.807, 2.05) is 116 Å². The van der Waals surface area contributed by atoms with E-state index in [9.17, 15) is 9.59 Å². The number of hydrogen-bond donors (Lipinski definition) is 0. The second-order valence-corrected chi connectivity index (χ2v) is 10.2. The standard InChI is InChI=1S/C33H28BrNO4/c1-3-38-33(37)28-29(23-16-18-26(34)19-17-23)35(27-20-14-22(2)15-21-27)32(36)31(28)39-30(24-10-6-4-7-11-24)25-12-8-5-9-13-25/h4-21,29-30H,3H2,1-2H3. The molecule has 39 heavy (non-hydrogen) atoms. The van der Waals surface area contributed by atoms with E-state index < -0.39 is 24.0 Å². The molecule has 0 spiro atoms. The van der Waals surface area contributed by atoms with Gasteiger partial charge in [0.2, 0.25) is 0 Å². The molecule has 0 saturated heterocycles. The summed E-state index contributed by atoms with van der Waals surface area (Å²) in [5.41, 5.74) is 4.40. The highest BCUT2D eigenvalue weighted by molar-refractivity contribution is 9.10. The van der Waals surface area contributed by atoms with Gasteiger partial charge in [0.1, 0.15) is 11.7 Å². The number of benzene rings is 4. The van der Waals surface area contributed by atoms with E-state index in [2.05, 4.69) is 15.9 Å². The summed E-state index contributed by atoms with van der Waals surface area (Å²) in [5, 5.41) is 0. The molecule has 1 atom stereocenters. The number of carbonyl (C=O) groups excluding carboxylic acids is 2. The van der Waals surface area contributed by atoms with Crippen molar-refractivity contribution in [1.82, 2.24) is 0 Å². The Morgan fingerprint density at radius 1 is 0.846 bits per heavy atom. The highest BCUT2D eigenvalue weighted by Crippen LogP contribution is 2.44. The number of esters is 1. The summed E-state index contributed by atoms with van der Waals surface area (Å²) in [6.45, 7) is 3.91. The lowest BCUT2D eigenvalue weighted by Gasteiger charge is -2.27. The average Bonchev–Trinajstić information content (AvgIpc) is 3.25. The molecule has 1 aliphatic rings. The molecule has 4 aromatic rings. The molecule has 1 unspecified atom stereocenters. The number of anilines is 1. The van der Waals surface area contributed by atoms with Crippen molar-refractivity contribution in [2.24, 2.45) is 0 Å². The van der Waals surface area contributed by atoms with Crippen LogP contribution in [0.1, 0.15) is 41.3 Å². The number of halogens is 1. The van der Waals surface area contributed by atoms with E-state index in [1.165, 1.54) is 0 Å². The van der Waals surface area contributed by atoms with Gasteiger partial charge in [-0.05, 0) is 54.8 Å². The molecule has 0 bridgehead atoms. The van der Waals surface area contributed by atoms with Crippen LogP contribution >= 0.6 is 15.9 Å². The van der Waals surface area contributed by atoms with E-state index in [4.69, 9.17) is 9.47 Å². The molecule has 1 aliphatic heterocycles. The third-order valence-corrected chi connectivity index (χ3v) is 7.15. The summed E-state index contributed by atoms with van der Waals surface area (Å²) in [5.74, 6) is -0.991. The zero-order valence-corrected chi connectivity index (χ0v) is 23.3. The van der Waals surface area contributed by atoms with Gasteiger partial charge in [-0.25, -0.2) is 4.79 Å². The molecule has 0 aromatic heterocycles. The molecular formula is C33H28BrNO4. The molecule has 6 heteroatoms. The molecule has 0 fully saturated rings. The van der Waals surface area contributed by atoms with Crippen molar-refractivity contribution in [3.05, 3.63) is 147 Å². The minimum Gasteiger partial charge on any atom is -0.475 e. The molecule has 5 nitrogen and oxygen atoms in total. The van der Waals surface area contributed by atoms with Crippen LogP contribution in [0, 0.1) is 6.92 Å². The maximum atomic E-state index is 14.3. The number of rotatable bonds is 8. The third-order valence-electron chi connectivity index (χ3n) is 6.62. The predicted molar refractivity (Wildman–Crippen MR) is 155 cm³/mol. The maximum absolute atomic E-state index is 14.3. The number of carbonyl (C=O) groups is 2. The maximum Gasteiger partial charge on any atom is 0.340 e. The van der Waals surface area contributed by atoms with Crippen LogP contribution in [-0.2, 0) is 19.1 Å². The fraction of sp³-hybridized carbons (Fsp3) is 0.152. The van der Waals surface area contributed by atoms with Crippen LogP contribution in [-0.4, -0.2) is 18.5 Å². The van der Waals surface area contributed by atoms with Crippen molar-refractivity contribution in [3.63, 3.8) is 0 Å². The van der Waals surface area contributed by atoms with Gasteiger partial charge in [0.15, 0.2) is 5.76 Å². The molecule has 0 N–H and O–H groups in total. The second kappa shape index (κ2) is 11.7. The van der Waals surface area contributed by atoms with Crippen molar-refractivity contribution in [1.29, 1.82) is 0 Å². The van der Waals surface area contributed by atoms with E-state index >= 15 is 0 Å². The molecular weight excluding hydrogens is 554 g/mol. The van der Waals surface area contributed by atoms with Crippen molar-refractivity contribution < 1.29 is 19.1 Å². The highest BCUT2D eigenvalue weighted by Gasteiger charge is 2.47. The van der Waals surface area contributed by atoms with Crippen LogP contribution in [0.5, 0.6) is 0 Å². The lowest BCUT2D eigenvalue weighted by molar-refractivity contribution is -0.139. The van der Waals surface area contributed by atoms with Gasteiger partial charge >= 0.3 is 5.97 Å². The zero-order chi connectivity index (χ0) is 27.4. The number of aryl methyl sites for hydroxylation is 1. The summed E-state index contributed by atoms with van der Waals surface area (Å²) >= 11 is 3.49. The Morgan fingerprint density at radius 3 is 1.95 bits per heavy atom. The van der Waals surface area contributed by atoms with Crippen LogP contribution < -0.4 is 4.90 Å². The quantitative estimate of drug-likeness (QED) is 0.202. The molecule has 0 radical (unpaired) electrons. The summed E-state index contributed by atoms with van der Waals surface area (Å²) in [7, 11) is 0. The molecule has 0 aliphatic carbocycles. The Labute approximate surface area is 236 Å². The van der Waals surface area contributed by atoms with Crippen molar-refractivity contribution in [2.45, 2.75) is 26.0 Å². The Balaban J connectivity index is 1.70. The summed E-state index contributed by atoms with van der Waals surface area (Å²) in [6, 6.07) is 33.9. The Bertz CT molecular complexity index is 1440. The molecule has 1 amide bonds. The number of nitrogens with zero attached hydrogens (tertiary/aromatic N) is 1. The summed E-state index contributed by atoms with van der Waals surface area (Å²) < 4.78 is 13.0. The monoisotopic (exact) mass is 581 g/mol. The van der Waals surface area contributed by atoms with Crippen LogP contribution in [0.2, 0.25) is 0 Å². The van der Waals surface area contributed by atoms with Crippen LogP contribution in [0.25, 0.3) is 0 Å². The van der Waals surface area contributed by atoms with Crippen LogP contribution in [0.3, 0.4) is 0 Å². The van der Waals surface area contributed by atoms with Gasteiger partial charge < -0.3 is 9.47 Å². The summed E-state index contributed by atoms with van der Waals surface area (Å²) in [6.07, 6.45) is -0.612. The summed E-state index contributed by atoms with van der Waals surface area (Å²) in [4.78, 5) is 29.5. The fourth-order valence-electron chi connectivity index (χ4n) is 4.76. The van der Waals surface area contributed by atoms with Gasteiger partial charge in [-0.2, -0.15) is 0 Å². The van der Waals surface area contributed by atoms with Gasteiger partial charge in [0, 0.05) is 10.2 Å². The second-order valence-electron chi connectivity index (χ2n) is 9.25. The molecule has 1 heterocycles. The lowest BCUT2D eigenvalue weighted by Crippen LogP contribution is -2.31. The molecule has 0 saturated carbocycles. The van der Waals surface area contributed by atoms with Gasteiger partial charge in [0.25, 0.3) is 5.91 Å². The van der Waals surface area contributed by atoms with Gasteiger partial charge in [-0.15, -0.1) is 0 Å². The van der Waals surface area contributed by atoms with Crippen molar-refractivity contribution >= 4 is 33.5 Å². The van der Waals surface area contributed by atoms with Crippen LogP contribution in [0.15, 0.2) is 125 Å². The normalized spacial score (nSPS) is 15.1. The average molecular weight is 582 g/mol. The largest absolute Gasteiger partial charge is 0.475 e. The van der Waals surface area contributed by atoms with E-state index in [0.29, 0.717) is 5.69 Å². The first-order valence-electron chi connectivity index (χ1n) is 12.8. The van der Waals surface area contributed by atoms with E-state index in [-0.39, 0.29) is 17.9 Å². The number of hydrogen-bond acceptors (Lipinski definition) is 4. The Morgan fingerprint density at radius 2 is 1.41 bits per heavy atom. The van der Waals surface area contributed by atoms with Crippen LogP contribution in [0.4, 0.5) is 5.69 Å². The first-order chi connectivity index (χ1) is 19.0. The highest BCUT2D eigenvalue weighted by atomic mass is 79.9. The number of ether oxygens (including phenoxy) is 2. The first-order valence-corrected chi connectivity index (χ1v) is 13.6. The van der Waals surface area contributed by atoms with Crippen molar-refractivity contribution in [2.75, 3.05) is 11.5 Å². The van der Waals surface area contributed by atoms with Crippen molar-refractivity contribution in [3.8, 4) is 0 Å². The minimum absolute atomic E-state index is 0.0142. The molecule has 4 aromatic carbocycles. The number of amides is 1. The fourth-order valence-corrected chi connectivity index (χ4v) is 5.02. The SMILES string of the molecule is CCOC(=O)C1=C(OC(c2ccccc2)c2ccccc2)C(=O)N(c2ccc(C)cc2)C1c1ccc(Br)cc1. The van der Waals surface area contributed by atoms with Gasteiger partial charge in [0.05, 0.1) is 12.6 Å². The molecule has 196 valence electrons. The predicted octanol–water partition coefficient (Wildman–Crippen LogP) is 7.47. The van der Waals surface area contributed by atoms with Gasteiger partial charge in [-0.1, -0.05) is 106 Å². The minimum atomic E-state index is -0.727. The van der Waals surface area contributed by atoms with Gasteiger partial charge in [-0.3, -0.25) is 9.69 Å². The smallest absolute Gasteiger partial charge is 0.340 e. The molecule has 5 rings (SSSR count).